The Hall–Kier alpha value is -3.56. The molecule has 0 aromatic heterocycles. The van der Waals surface area contributed by atoms with E-state index >= 15 is 0 Å². The Kier molecular flexibility index (Phi) is 9.32. The predicted molar refractivity (Wildman–Crippen MR) is 136 cm³/mol. The summed E-state index contributed by atoms with van der Waals surface area (Å²) in [7, 11) is -3.73. The number of hydrogen-bond donors (Lipinski definition) is 1. The van der Waals surface area contributed by atoms with E-state index in [-0.39, 0.29) is 25.5 Å². The fraction of sp³-hybridized carbons (Fsp3) is 0.259. The summed E-state index contributed by atoms with van der Waals surface area (Å²) in [6, 6.07) is 23.0. The molecule has 3 aromatic rings. The molecule has 3 aromatic carbocycles. The maximum atomic E-state index is 13.4. The lowest BCUT2D eigenvalue weighted by Gasteiger charge is -2.31. The Labute approximate surface area is 211 Å². The third kappa shape index (κ3) is 8.00. The van der Waals surface area contributed by atoms with Crippen molar-refractivity contribution in [2.24, 2.45) is 0 Å². The summed E-state index contributed by atoms with van der Waals surface area (Å²) in [4.78, 5) is 27.7. The molecule has 1 N–H and O–H groups in total. The minimum Gasteiger partial charge on any atom is -0.350 e. The van der Waals surface area contributed by atoms with E-state index in [1.807, 2.05) is 36.4 Å². The van der Waals surface area contributed by atoms with Crippen molar-refractivity contribution >= 4 is 21.8 Å². The standard InChI is InChI=1S/C27H30FN3O4S/c1-21(27(33)29-17-22-9-5-3-6-10-22)31(19-24-13-15-25(28)16-14-24)26(32)20-30(36(2,34)35)18-23-11-7-4-8-12-23/h3-16,21H,17-20H2,1-2H3,(H,29,33)/t21-/m0/s1. The zero-order valence-electron chi connectivity index (χ0n) is 20.3. The quantitative estimate of drug-likeness (QED) is 0.428. The molecule has 0 saturated carbocycles. The molecule has 0 unspecified atom stereocenters. The van der Waals surface area contributed by atoms with Crippen LogP contribution >= 0.6 is 0 Å². The first-order valence-corrected chi connectivity index (χ1v) is 13.3. The van der Waals surface area contributed by atoms with E-state index in [1.165, 1.54) is 29.2 Å². The molecule has 36 heavy (non-hydrogen) atoms. The summed E-state index contributed by atoms with van der Waals surface area (Å²) in [5.41, 5.74) is 2.25. The number of nitrogens with one attached hydrogen (secondary N) is 1. The summed E-state index contributed by atoms with van der Waals surface area (Å²) >= 11 is 0. The average Bonchev–Trinajstić information content (AvgIpc) is 2.86. The second-order valence-corrected chi connectivity index (χ2v) is 10.5. The first kappa shape index (κ1) is 27.0. The highest BCUT2D eigenvalue weighted by Crippen LogP contribution is 2.14. The van der Waals surface area contributed by atoms with Crippen molar-refractivity contribution in [3.05, 3.63) is 107 Å². The highest BCUT2D eigenvalue weighted by molar-refractivity contribution is 7.88. The van der Waals surface area contributed by atoms with Gasteiger partial charge in [0.1, 0.15) is 11.9 Å². The van der Waals surface area contributed by atoms with Gasteiger partial charge in [-0.15, -0.1) is 0 Å². The van der Waals surface area contributed by atoms with Crippen molar-refractivity contribution in [3.63, 3.8) is 0 Å². The van der Waals surface area contributed by atoms with Crippen molar-refractivity contribution in [1.29, 1.82) is 0 Å². The first-order valence-electron chi connectivity index (χ1n) is 11.5. The van der Waals surface area contributed by atoms with Crippen LogP contribution in [0.15, 0.2) is 84.9 Å². The van der Waals surface area contributed by atoms with Crippen LogP contribution in [-0.4, -0.2) is 48.3 Å². The summed E-state index contributed by atoms with van der Waals surface area (Å²) in [6.07, 6.45) is 1.05. The second-order valence-electron chi connectivity index (χ2n) is 8.54. The fourth-order valence-electron chi connectivity index (χ4n) is 3.62. The van der Waals surface area contributed by atoms with Gasteiger partial charge in [0.2, 0.25) is 21.8 Å². The van der Waals surface area contributed by atoms with E-state index in [1.54, 1.807) is 31.2 Å². The summed E-state index contributed by atoms with van der Waals surface area (Å²) in [6.45, 7) is 1.47. The van der Waals surface area contributed by atoms with Crippen LogP contribution in [0.4, 0.5) is 4.39 Å². The van der Waals surface area contributed by atoms with E-state index in [2.05, 4.69) is 5.32 Å². The topological polar surface area (TPSA) is 86.8 Å². The minimum atomic E-state index is -3.73. The maximum absolute atomic E-state index is 13.4. The van der Waals surface area contributed by atoms with Crippen LogP contribution in [0.2, 0.25) is 0 Å². The summed E-state index contributed by atoms with van der Waals surface area (Å²) in [5.74, 6) is -1.34. The normalized spacial score (nSPS) is 12.2. The van der Waals surface area contributed by atoms with Gasteiger partial charge in [-0.25, -0.2) is 12.8 Å². The van der Waals surface area contributed by atoms with E-state index < -0.39 is 34.3 Å². The second kappa shape index (κ2) is 12.4. The number of halogens is 1. The van der Waals surface area contributed by atoms with Gasteiger partial charge in [-0.05, 0) is 35.7 Å². The fourth-order valence-corrected chi connectivity index (χ4v) is 4.35. The molecule has 0 aliphatic carbocycles. The molecular weight excluding hydrogens is 481 g/mol. The van der Waals surface area contributed by atoms with Crippen LogP contribution in [0.3, 0.4) is 0 Å². The lowest BCUT2D eigenvalue weighted by atomic mass is 10.1. The van der Waals surface area contributed by atoms with E-state index in [4.69, 9.17) is 0 Å². The van der Waals surface area contributed by atoms with Crippen LogP contribution in [0.5, 0.6) is 0 Å². The third-order valence-corrected chi connectivity index (χ3v) is 6.92. The molecule has 0 heterocycles. The molecule has 0 saturated heterocycles. The van der Waals surface area contributed by atoms with Gasteiger partial charge in [-0.2, -0.15) is 4.31 Å². The lowest BCUT2D eigenvalue weighted by molar-refractivity contribution is -0.140. The van der Waals surface area contributed by atoms with Crippen molar-refractivity contribution in [1.82, 2.24) is 14.5 Å². The molecule has 3 rings (SSSR count). The van der Waals surface area contributed by atoms with Gasteiger partial charge in [0.05, 0.1) is 12.8 Å². The van der Waals surface area contributed by atoms with Crippen molar-refractivity contribution in [2.45, 2.75) is 32.6 Å². The number of hydrogen-bond acceptors (Lipinski definition) is 4. The highest BCUT2D eigenvalue weighted by atomic mass is 32.2. The number of amides is 2. The Morgan fingerprint density at radius 3 is 1.92 bits per heavy atom. The SMILES string of the molecule is C[C@@H](C(=O)NCc1ccccc1)N(Cc1ccc(F)cc1)C(=O)CN(Cc1ccccc1)S(C)(=O)=O. The van der Waals surface area contributed by atoms with Crippen LogP contribution in [-0.2, 0) is 39.2 Å². The molecule has 0 radical (unpaired) electrons. The minimum absolute atomic E-state index is 0.0158. The molecule has 7 nitrogen and oxygen atoms in total. The molecular formula is C27H30FN3O4S. The van der Waals surface area contributed by atoms with Gasteiger partial charge < -0.3 is 10.2 Å². The predicted octanol–water partition coefficient (Wildman–Crippen LogP) is 3.32. The largest absolute Gasteiger partial charge is 0.350 e. The highest BCUT2D eigenvalue weighted by Gasteiger charge is 2.29. The van der Waals surface area contributed by atoms with Crippen molar-refractivity contribution < 1.29 is 22.4 Å². The first-order chi connectivity index (χ1) is 17.1. The summed E-state index contributed by atoms with van der Waals surface area (Å²) < 4.78 is 39.5. The van der Waals surface area contributed by atoms with E-state index in [0.29, 0.717) is 5.56 Å². The molecule has 0 bridgehead atoms. The van der Waals surface area contributed by atoms with E-state index in [0.717, 1.165) is 21.7 Å². The van der Waals surface area contributed by atoms with E-state index in [9.17, 15) is 22.4 Å². The van der Waals surface area contributed by atoms with Gasteiger partial charge in [0.15, 0.2) is 0 Å². The number of carbonyl (C=O) groups is 2. The number of carbonyl (C=O) groups excluding carboxylic acids is 2. The van der Waals surface area contributed by atoms with Crippen LogP contribution in [0.25, 0.3) is 0 Å². The maximum Gasteiger partial charge on any atom is 0.242 e. The molecule has 1 atom stereocenters. The molecule has 2 amide bonds. The van der Waals surface area contributed by atoms with Crippen LogP contribution in [0.1, 0.15) is 23.6 Å². The van der Waals surface area contributed by atoms with Crippen molar-refractivity contribution in [3.8, 4) is 0 Å². The number of nitrogens with zero attached hydrogens (tertiary/aromatic N) is 2. The van der Waals surface area contributed by atoms with Gasteiger partial charge >= 0.3 is 0 Å². The zero-order valence-corrected chi connectivity index (χ0v) is 21.1. The van der Waals surface area contributed by atoms with Gasteiger partial charge in [0.25, 0.3) is 0 Å². The van der Waals surface area contributed by atoms with Crippen LogP contribution in [0, 0.1) is 5.82 Å². The van der Waals surface area contributed by atoms with Gasteiger partial charge in [-0.1, -0.05) is 72.8 Å². The molecule has 0 aliphatic heterocycles. The van der Waals surface area contributed by atoms with Gasteiger partial charge in [0, 0.05) is 19.6 Å². The van der Waals surface area contributed by atoms with Gasteiger partial charge in [-0.3, -0.25) is 9.59 Å². The lowest BCUT2D eigenvalue weighted by Crippen LogP contribution is -2.50. The smallest absolute Gasteiger partial charge is 0.242 e. The third-order valence-electron chi connectivity index (χ3n) is 5.73. The summed E-state index contributed by atoms with van der Waals surface area (Å²) in [5, 5.41) is 2.83. The number of sulfonamides is 1. The Bertz CT molecular complexity index is 1250. The monoisotopic (exact) mass is 511 g/mol. The Balaban J connectivity index is 1.80. The number of benzene rings is 3. The molecule has 0 fully saturated rings. The number of rotatable bonds is 11. The Morgan fingerprint density at radius 2 is 1.36 bits per heavy atom. The average molecular weight is 512 g/mol. The Morgan fingerprint density at radius 1 is 0.833 bits per heavy atom. The molecule has 190 valence electrons. The molecule has 9 heteroatoms. The molecule has 0 aliphatic rings. The van der Waals surface area contributed by atoms with Crippen LogP contribution < -0.4 is 5.32 Å². The zero-order chi connectivity index (χ0) is 26.1. The van der Waals surface area contributed by atoms with Crippen molar-refractivity contribution in [2.75, 3.05) is 12.8 Å². The molecule has 0 spiro atoms.